The van der Waals surface area contributed by atoms with E-state index in [1.807, 2.05) is 11.8 Å². The summed E-state index contributed by atoms with van der Waals surface area (Å²) in [5.74, 6) is 0.490. The van der Waals surface area contributed by atoms with Crippen molar-refractivity contribution >= 4 is 11.8 Å². The molecule has 0 aromatic heterocycles. The standard InChI is InChI=1S/C10H18O2S/c1-13-10(4-5-10)9(11)8-2-6-12-7-3-8/h8-9,11H,2-7H2,1H3. The third-order valence-corrected chi connectivity index (χ3v) is 4.86. The molecule has 1 N–H and O–H groups in total. The molecule has 1 unspecified atom stereocenters. The van der Waals surface area contributed by atoms with Crippen molar-refractivity contribution in [2.24, 2.45) is 5.92 Å². The highest BCUT2D eigenvalue weighted by Gasteiger charge is 2.50. The van der Waals surface area contributed by atoms with E-state index in [1.165, 1.54) is 12.8 Å². The molecule has 1 saturated heterocycles. The zero-order chi connectivity index (χ0) is 9.31. The van der Waals surface area contributed by atoms with Crippen LogP contribution in [-0.4, -0.2) is 35.4 Å². The highest BCUT2D eigenvalue weighted by molar-refractivity contribution is 8.00. The van der Waals surface area contributed by atoms with Crippen LogP contribution in [0.5, 0.6) is 0 Å². The predicted molar refractivity (Wildman–Crippen MR) is 55.0 cm³/mol. The molecule has 2 nitrogen and oxygen atoms in total. The van der Waals surface area contributed by atoms with Gasteiger partial charge in [0.25, 0.3) is 0 Å². The van der Waals surface area contributed by atoms with Gasteiger partial charge >= 0.3 is 0 Å². The minimum atomic E-state index is -0.0913. The number of thioether (sulfide) groups is 1. The molecule has 0 aromatic rings. The summed E-state index contributed by atoms with van der Waals surface area (Å²) in [7, 11) is 0. The molecule has 3 heteroatoms. The molecule has 0 spiro atoms. The van der Waals surface area contributed by atoms with Gasteiger partial charge in [-0.1, -0.05) is 0 Å². The molecular formula is C10H18O2S. The van der Waals surface area contributed by atoms with Crippen molar-refractivity contribution in [1.29, 1.82) is 0 Å². The summed E-state index contributed by atoms with van der Waals surface area (Å²) >= 11 is 1.85. The second-order valence-corrected chi connectivity index (χ2v) is 5.38. The van der Waals surface area contributed by atoms with E-state index in [2.05, 4.69) is 6.26 Å². The number of rotatable bonds is 3. The Hall–Kier alpha value is 0.270. The van der Waals surface area contributed by atoms with Gasteiger partial charge in [0.1, 0.15) is 0 Å². The van der Waals surface area contributed by atoms with Crippen molar-refractivity contribution in [3.8, 4) is 0 Å². The number of hydrogen-bond donors (Lipinski definition) is 1. The maximum atomic E-state index is 10.2. The number of aliphatic hydroxyl groups excluding tert-OH is 1. The van der Waals surface area contributed by atoms with Gasteiger partial charge in [0.2, 0.25) is 0 Å². The molecule has 1 heterocycles. The predicted octanol–water partition coefficient (Wildman–Crippen LogP) is 1.67. The van der Waals surface area contributed by atoms with Crippen LogP contribution < -0.4 is 0 Å². The van der Waals surface area contributed by atoms with E-state index >= 15 is 0 Å². The minimum Gasteiger partial charge on any atom is -0.391 e. The highest BCUT2D eigenvalue weighted by Crippen LogP contribution is 2.52. The van der Waals surface area contributed by atoms with Crippen molar-refractivity contribution in [1.82, 2.24) is 0 Å². The maximum absolute atomic E-state index is 10.2. The monoisotopic (exact) mass is 202 g/mol. The lowest BCUT2D eigenvalue weighted by Gasteiger charge is -2.31. The Kier molecular flexibility index (Phi) is 2.86. The van der Waals surface area contributed by atoms with Gasteiger partial charge in [0, 0.05) is 18.0 Å². The first-order valence-corrected chi connectivity index (χ1v) is 6.32. The molecule has 0 amide bonds. The quantitative estimate of drug-likeness (QED) is 0.755. The Morgan fingerprint density at radius 2 is 2.00 bits per heavy atom. The van der Waals surface area contributed by atoms with Gasteiger partial charge in [-0.3, -0.25) is 0 Å². The first-order valence-electron chi connectivity index (χ1n) is 5.09. The Labute approximate surface area is 84.0 Å². The smallest absolute Gasteiger partial charge is 0.0716 e. The second kappa shape index (κ2) is 3.79. The largest absolute Gasteiger partial charge is 0.391 e. The van der Waals surface area contributed by atoms with Crippen molar-refractivity contribution in [3.05, 3.63) is 0 Å². The van der Waals surface area contributed by atoms with E-state index in [1.54, 1.807) is 0 Å². The summed E-state index contributed by atoms with van der Waals surface area (Å²) in [5.41, 5.74) is 0. The van der Waals surface area contributed by atoms with Crippen LogP contribution in [0.4, 0.5) is 0 Å². The zero-order valence-corrected chi connectivity index (χ0v) is 8.98. The molecule has 76 valence electrons. The fraction of sp³-hybridized carbons (Fsp3) is 1.00. The number of aliphatic hydroxyl groups is 1. The van der Waals surface area contributed by atoms with Crippen LogP contribution in [0.2, 0.25) is 0 Å². The van der Waals surface area contributed by atoms with Gasteiger partial charge in [-0.15, -0.1) is 0 Å². The molecule has 0 bridgehead atoms. The van der Waals surface area contributed by atoms with Crippen LogP contribution in [0.25, 0.3) is 0 Å². The lowest BCUT2D eigenvalue weighted by Crippen LogP contribution is -2.36. The molecule has 0 radical (unpaired) electrons. The average Bonchev–Trinajstić information content (AvgIpc) is 2.99. The highest BCUT2D eigenvalue weighted by atomic mass is 32.2. The van der Waals surface area contributed by atoms with Gasteiger partial charge in [-0.2, -0.15) is 11.8 Å². The van der Waals surface area contributed by atoms with Crippen molar-refractivity contribution in [3.63, 3.8) is 0 Å². The van der Waals surface area contributed by atoms with E-state index in [4.69, 9.17) is 4.74 Å². The van der Waals surface area contributed by atoms with Gasteiger partial charge in [-0.05, 0) is 37.9 Å². The Bertz CT molecular complexity index is 174. The topological polar surface area (TPSA) is 29.5 Å². The lowest BCUT2D eigenvalue weighted by atomic mass is 9.91. The summed E-state index contributed by atoms with van der Waals surface area (Å²) in [5, 5.41) is 10.2. The molecule has 2 rings (SSSR count). The fourth-order valence-corrected chi connectivity index (χ4v) is 3.15. The molecule has 2 aliphatic rings. The van der Waals surface area contributed by atoms with Gasteiger partial charge < -0.3 is 9.84 Å². The molecule has 1 atom stereocenters. The summed E-state index contributed by atoms with van der Waals surface area (Å²) in [6.07, 6.45) is 6.52. The first kappa shape index (κ1) is 9.81. The molecule has 1 aliphatic carbocycles. The van der Waals surface area contributed by atoms with Gasteiger partial charge in [0.15, 0.2) is 0 Å². The Morgan fingerprint density at radius 3 is 2.46 bits per heavy atom. The van der Waals surface area contributed by atoms with Crippen molar-refractivity contribution < 1.29 is 9.84 Å². The summed E-state index contributed by atoms with van der Waals surface area (Å²) in [4.78, 5) is 0. The molecule has 1 saturated carbocycles. The Balaban J connectivity index is 1.91. The molecule has 2 fully saturated rings. The SMILES string of the molecule is CSC1(C(O)C2CCOCC2)CC1. The summed E-state index contributed by atoms with van der Waals surface area (Å²) < 4.78 is 5.52. The van der Waals surface area contributed by atoms with Crippen LogP contribution >= 0.6 is 11.8 Å². The Morgan fingerprint density at radius 1 is 1.38 bits per heavy atom. The van der Waals surface area contributed by atoms with Crippen LogP contribution in [-0.2, 0) is 4.74 Å². The second-order valence-electron chi connectivity index (χ2n) is 4.16. The van der Waals surface area contributed by atoms with Crippen LogP contribution in [0.15, 0.2) is 0 Å². The van der Waals surface area contributed by atoms with Crippen molar-refractivity contribution in [2.75, 3.05) is 19.5 Å². The number of hydrogen-bond acceptors (Lipinski definition) is 3. The van der Waals surface area contributed by atoms with E-state index in [0.717, 1.165) is 26.1 Å². The summed E-state index contributed by atoms with van der Waals surface area (Å²) in [6.45, 7) is 1.68. The first-order chi connectivity index (χ1) is 6.28. The van der Waals surface area contributed by atoms with E-state index in [0.29, 0.717) is 5.92 Å². The number of ether oxygens (including phenoxy) is 1. The fourth-order valence-electron chi connectivity index (χ4n) is 2.20. The zero-order valence-electron chi connectivity index (χ0n) is 8.16. The molecular weight excluding hydrogens is 184 g/mol. The normalized spacial score (nSPS) is 30.0. The molecule has 13 heavy (non-hydrogen) atoms. The van der Waals surface area contributed by atoms with E-state index < -0.39 is 0 Å². The van der Waals surface area contributed by atoms with Gasteiger partial charge in [-0.25, -0.2) is 0 Å². The minimum absolute atomic E-state index is 0.0913. The van der Waals surface area contributed by atoms with Crippen LogP contribution in [0.1, 0.15) is 25.7 Å². The average molecular weight is 202 g/mol. The third-order valence-electron chi connectivity index (χ3n) is 3.40. The van der Waals surface area contributed by atoms with E-state index in [9.17, 15) is 5.11 Å². The van der Waals surface area contributed by atoms with Gasteiger partial charge in [0.05, 0.1) is 6.10 Å². The molecule has 1 aliphatic heterocycles. The maximum Gasteiger partial charge on any atom is 0.0716 e. The van der Waals surface area contributed by atoms with Crippen LogP contribution in [0.3, 0.4) is 0 Å². The van der Waals surface area contributed by atoms with Crippen molar-refractivity contribution in [2.45, 2.75) is 36.5 Å². The third kappa shape index (κ3) is 1.88. The molecule has 0 aromatic carbocycles. The lowest BCUT2D eigenvalue weighted by molar-refractivity contribution is 0.00462. The summed E-state index contributed by atoms with van der Waals surface area (Å²) in [6, 6.07) is 0. The van der Waals surface area contributed by atoms with Crippen LogP contribution in [0, 0.1) is 5.92 Å². The van der Waals surface area contributed by atoms with E-state index in [-0.39, 0.29) is 10.9 Å².